The van der Waals surface area contributed by atoms with Crippen LogP contribution in [0.4, 0.5) is 5.69 Å². The first-order valence-electron chi connectivity index (χ1n) is 6.78. The molecule has 0 bridgehead atoms. The molecule has 112 valence electrons. The zero-order chi connectivity index (χ0) is 14.4. The zero-order valence-corrected chi connectivity index (χ0v) is 13.4. The van der Waals surface area contributed by atoms with Gasteiger partial charge in [-0.3, -0.25) is 0 Å². The van der Waals surface area contributed by atoms with Gasteiger partial charge in [-0.15, -0.1) is 0 Å². The maximum Gasteiger partial charge on any atom is 0.153 e. The van der Waals surface area contributed by atoms with Crippen molar-refractivity contribution in [1.29, 1.82) is 0 Å². The molecule has 0 atom stereocenters. The molecule has 0 aliphatic carbocycles. The lowest BCUT2D eigenvalue weighted by atomic mass is 10.2. The summed E-state index contributed by atoms with van der Waals surface area (Å²) in [5.74, 6) is 2.49. The Hall–Kier alpha value is -0.880. The van der Waals surface area contributed by atoms with E-state index >= 15 is 0 Å². The molecule has 1 heterocycles. The molecule has 1 aliphatic heterocycles. The number of thioether (sulfide) groups is 1. The molecule has 1 saturated heterocycles. The molecule has 0 radical (unpaired) electrons. The average molecular weight is 315 g/mol. The second-order valence-corrected chi connectivity index (χ2v) is 8.12. The third-order valence-corrected chi connectivity index (χ3v) is 5.61. The lowest BCUT2D eigenvalue weighted by Gasteiger charge is -2.28. The summed E-state index contributed by atoms with van der Waals surface area (Å²) in [7, 11) is -2.82. The van der Waals surface area contributed by atoms with Crippen LogP contribution in [0.3, 0.4) is 0 Å². The third kappa shape index (κ3) is 4.59. The lowest BCUT2D eigenvalue weighted by Crippen LogP contribution is -2.40. The fourth-order valence-corrected chi connectivity index (χ4v) is 3.72. The second kappa shape index (κ2) is 7.22. The summed E-state index contributed by atoms with van der Waals surface area (Å²) < 4.78 is 28.5. The van der Waals surface area contributed by atoms with Crippen LogP contribution in [-0.4, -0.2) is 51.6 Å². The number of sulfone groups is 1. The molecule has 1 aromatic carbocycles. The highest BCUT2D eigenvalue weighted by molar-refractivity contribution is 7.98. The van der Waals surface area contributed by atoms with E-state index in [4.69, 9.17) is 4.74 Å². The third-order valence-electron chi connectivity index (χ3n) is 3.31. The van der Waals surface area contributed by atoms with E-state index in [1.54, 1.807) is 0 Å². The molecular formula is C14H21NO3S2. The minimum Gasteiger partial charge on any atom is -0.494 e. The first-order chi connectivity index (χ1) is 9.61. The van der Waals surface area contributed by atoms with E-state index in [-0.39, 0.29) is 11.5 Å². The van der Waals surface area contributed by atoms with Crippen LogP contribution in [0.2, 0.25) is 0 Å². The fraction of sp³-hybridized carbons (Fsp3) is 0.571. The Morgan fingerprint density at radius 2 is 1.85 bits per heavy atom. The molecule has 6 heteroatoms. The van der Waals surface area contributed by atoms with E-state index in [0.717, 1.165) is 30.2 Å². The highest BCUT2D eigenvalue weighted by atomic mass is 32.2. The molecule has 1 aliphatic rings. The molecule has 0 unspecified atom stereocenters. The zero-order valence-electron chi connectivity index (χ0n) is 11.7. The monoisotopic (exact) mass is 315 g/mol. The topological polar surface area (TPSA) is 46.6 Å². The Labute approximate surface area is 125 Å². The van der Waals surface area contributed by atoms with Gasteiger partial charge in [0.25, 0.3) is 0 Å². The van der Waals surface area contributed by atoms with Gasteiger partial charge in [-0.25, -0.2) is 8.42 Å². The van der Waals surface area contributed by atoms with Crippen LogP contribution in [0.25, 0.3) is 0 Å². The van der Waals surface area contributed by atoms with E-state index in [1.807, 2.05) is 36.0 Å². The Morgan fingerprint density at radius 3 is 2.45 bits per heavy atom. The molecule has 0 spiro atoms. The van der Waals surface area contributed by atoms with Crippen LogP contribution < -0.4 is 9.64 Å². The molecule has 0 N–H and O–H groups in total. The standard InChI is InChI=1S/C14H21NO3S2/c1-19-10-2-9-18-14-5-3-13(4-6-14)15-7-11-20(16,17)12-8-15/h3-6H,2,7-12H2,1H3. The smallest absolute Gasteiger partial charge is 0.153 e. The summed E-state index contributed by atoms with van der Waals surface area (Å²) in [6.45, 7) is 1.90. The van der Waals surface area contributed by atoms with Crippen LogP contribution in [0.1, 0.15) is 6.42 Å². The molecule has 1 aromatic rings. The number of hydrogen-bond acceptors (Lipinski definition) is 5. The Balaban J connectivity index is 1.85. The first kappa shape index (κ1) is 15.5. The van der Waals surface area contributed by atoms with Gasteiger partial charge in [0, 0.05) is 18.8 Å². The van der Waals surface area contributed by atoms with Crippen molar-refractivity contribution < 1.29 is 13.2 Å². The van der Waals surface area contributed by atoms with Gasteiger partial charge in [0.15, 0.2) is 9.84 Å². The average Bonchev–Trinajstić information content (AvgIpc) is 2.45. The van der Waals surface area contributed by atoms with Crippen molar-refractivity contribution in [2.24, 2.45) is 0 Å². The van der Waals surface area contributed by atoms with Gasteiger partial charge in [0.2, 0.25) is 0 Å². The summed E-state index contributed by atoms with van der Waals surface area (Å²) >= 11 is 1.82. The van der Waals surface area contributed by atoms with Crippen molar-refractivity contribution in [1.82, 2.24) is 0 Å². The fourth-order valence-electron chi connectivity index (χ4n) is 2.12. The van der Waals surface area contributed by atoms with Gasteiger partial charge in [-0.2, -0.15) is 11.8 Å². The Bertz CT molecular complexity index is 500. The molecule has 2 rings (SSSR count). The summed E-state index contributed by atoms with van der Waals surface area (Å²) in [6, 6.07) is 7.92. The van der Waals surface area contributed by atoms with E-state index in [9.17, 15) is 8.42 Å². The van der Waals surface area contributed by atoms with E-state index < -0.39 is 9.84 Å². The number of rotatable bonds is 6. The van der Waals surface area contributed by atoms with E-state index in [0.29, 0.717) is 13.1 Å². The number of hydrogen-bond donors (Lipinski definition) is 0. The SMILES string of the molecule is CSCCCOc1ccc(N2CCS(=O)(=O)CC2)cc1. The minimum absolute atomic E-state index is 0.250. The van der Waals surface area contributed by atoms with Gasteiger partial charge in [0.1, 0.15) is 5.75 Å². The summed E-state index contributed by atoms with van der Waals surface area (Å²) in [6.07, 6.45) is 3.14. The van der Waals surface area contributed by atoms with E-state index in [1.165, 1.54) is 0 Å². The number of benzene rings is 1. The number of nitrogens with zero attached hydrogens (tertiary/aromatic N) is 1. The predicted octanol–water partition coefficient (Wildman–Crippen LogP) is 2.05. The van der Waals surface area contributed by atoms with Crippen LogP contribution in [0.15, 0.2) is 24.3 Å². The normalized spacial score (nSPS) is 17.9. The van der Waals surface area contributed by atoms with Crippen molar-refractivity contribution in [3.8, 4) is 5.75 Å². The lowest BCUT2D eigenvalue weighted by molar-refractivity contribution is 0.319. The number of anilines is 1. The van der Waals surface area contributed by atoms with Crippen LogP contribution in [0.5, 0.6) is 5.75 Å². The Kier molecular flexibility index (Phi) is 5.60. The van der Waals surface area contributed by atoms with Crippen molar-refractivity contribution in [3.63, 3.8) is 0 Å². The van der Waals surface area contributed by atoms with Crippen molar-refractivity contribution in [2.75, 3.05) is 48.1 Å². The molecule has 0 saturated carbocycles. The maximum atomic E-state index is 11.4. The Morgan fingerprint density at radius 1 is 1.20 bits per heavy atom. The summed E-state index contributed by atoms with van der Waals surface area (Å²) in [5.41, 5.74) is 1.07. The van der Waals surface area contributed by atoms with Gasteiger partial charge in [-0.1, -0.05) is 0 Å². The largest absolute Gasteiger partial charge is 0.494 e. The van der Waals surface area contributed by atoms with Crippen LogP contribution >= 0.6 is 11.8 Å². The highest BCUT2D eigenvalue weighted by Crippen LogP contribution is 2.21. The quantitative estimate of drug-likeness (QED) is 0.752. The molecule has 0 amide bonds. The molecule has 20 heavy (non-hydrogen) atoms. The van der Waals surface area contributed by atoms with Crippen LogP contribution in [0, 0.1) is 0 Å². The van der Waals surface area contributed by atoms with Gasteiger partial charge >= 0.3 is 0 Å². The van der Waals surface area contributed by atoms with Gasteiger partial charge in [-0.05, 0) is 42.7 Å². The molecular weight excluding hydrogens is 294 g/mol. The van der Waals surface area contributed by atoms with Crippen molar-refractivity contribution >= 4 is 27.3 Å². The van der Waals surface area contributed by atoms with Crippen molar-refractivity contribution in [3.05, 3.63) is 24.3 Å². The predicted molar refractivity (Wildman–Crippen MR) is 85.8 cm³/mol. The first-order valence-corrected chi connectivity index (χ1v) is 9.99. The minimum atomic E-state index is -2.82. The van der Waals surface area contributed by atoms with Crippen molar-refractivity contribution in [2.45, 2.75) is 6.42 Å². The van der Waals surface area contributed by atoms with Gasteiger partial charge in [0.05, 0.1) is 18.1 Å². The number of ether oxygens (including phenoxy) is 1. The molecule has 1 fully saturated rings. The van der Waals surface area contributed by atoms with Crippen LogP contribution in [-0.2, 0) is 9.84 Å². The molecule has 0 aromatic heterocycles. The summed E-state index contributed by atoms with van der Waals surface area (Å²) in [4.78, 5) is 2.11. The second-order valence-electron chi connectivity index (χ2n) is 4.83. The summed E-state index contributed by atoms with van der Waals surface area (Å²) in [5, 5.41) is 0. The van der Waals surface area contributed by atoms with E-state index in [2.05, 4.69) is 11.2 Å². The maximum absolute atomic E-state index is 11.4. The van der Waals surface area contributed by atoms with Gasteiger partial charge < -0.3 is 9.64 Å². The molecule has 4 nitrogen and oxygen atoms in total. The highest BCUT2D eigenvalue weighted by Gasteiger charge is 2.21.